The highest BCUT2D eigenvalue weighted by Crippen LogP contribution is 2.11. The number of likely N-dealkylation sites (tertiary alicyclic amines) is 1. The Bertz CT molecular complexity index is 343. The first kappa shape index (κ1) is 14.6. The molecule has 0 bridgehead atoms. The highest BCUT2D eigenvalue weighted by molar-refractivity contribution is 6.00. The van der Waals surface area contributed by atoms with E-state index in [4.69, 9.17) is 0 Å². The van der Waals surface area contributed by atoms with Crippen molar-refractivity contribution in [3.63, 3.8) is 0 Å². The first-order valence-electron chi connectivity index (χ1n) is 6.31. The lowest BCUT2D eigenvalue weighted by Crippen LogP contribution is -2.56. The molecule has 0 saturated carbocycles. The smallest absolute Gasteiger partial charge is 0.246 e. The van der Waals surface area contributed by atoms with Crippen LogP contribution < -0.4 is 10.6 Å². The van der Waals surface area contributed by atoms with E-state index in [2.05, 4.69) is 10.6 Å². The average Bonchev–Trinajstić information content (AvgIpc) is 2.36. The van der Waals surface area contributed by atoms with Gasteiger partial charge in [-0.05, 0) is 19.8 Å². The van der Waals surface area contributed by atoms with Gasteiger partial charge in [0.15, 0.2) is 0 Å². The molecule has 0 aromatic heterocycles. The van der Waals surface area contributed by atoms with Crippen molar-refractivity contribution in [1.82, 2.24) is 15.5 Å². The topological polar surface area (TPSA) is 78.5 Å². The van der Waals surface area contributed by atoms with E-state index in [9.17, 15) is 14.4 Å². The molecule has 2 N–H and O–H groups in total. The van der Waals surface area contributed by atoms with Gasteiger partial charge in [0.25, 0.3) is 0 Å². The largest absolute Gasteiger partial charge is 0.355 e. The van der Waals surface area contributed by atoms with Gasteiger partial charge >= 0.3 is 0 Å². The molecule has 1 heterocycles. The highest BCUT2D eigenvalue weighted by Gasteiger charge is 2.33. The van der Waals surface area contributed by atoms with Crippen LogP contribution in [0.3, 0.4) is 0 Å². The minimum absolute atomic E-state index is 0.121. The predicted octanol–water partition coefficient (Wildman–Crippen LogP) is -0.362. The third-order valence-corrected chi connectivity index (χ3v) is 3.04. The number of piperidine rings is 1. The maximum Gasteiger partial charge on any atom is 0.246 e. The van der Waals surface area contributed by atoms with Gasteiger partial charge in [0.2, 0.25) is 17.7 Å². The number of amides is 3. The first-order chi connectivity index (χ1) is 8.47. The number of nitrogens with zero attached hydrogens (tertiary/aromatic N) is 1. The van der Waals surface area contributed by atoms with Crippen molar-refractivity contribution >= 4 is 17.7 Å². The molecule has 102 valence electrons. The molecule has 0 radical (unpaired) electrons. The maximum atomic E-state index is 11.8. The molecule has 0 spiro atoms. The number of likely N-dealkylation sites (N-methyl/N-ethyl adjacent to an activating group) is 1. The lowest BCUT2D eigenvalue weighted by atomic mass is 10.0. The number of hydrogen-bond acceptors (Lipinski definition) is 4. The summed E-state index contributed by atoms with van der Waals surface area (Å²) in [6, 6.07) is -0.887. The summed E-state index contributed by atoms with van der Waals surface area (Å²) >= 11 is 0. The Kier molecular flexibility index (Phi) is 5.27. The fraction of sp³-hybridized carbons (Fsp3) is 0.750. The van der Waals surface area contributed by atoms with E-state index in [1.54, 1.807) is 6.92 Å². The summed E-state index contributed by atoms with van der Waals surface area (Å²) < 4.78 is 0. The molecule has 0 aromatic rings. The first-order valence-corrected chi connectivity index (χ1v) is 6.31. The van der Waals surface area contributed by atoms with Gasteiger partial charge in [0, 0.05) is 20.0 Å². The minimum atomic E-state index is -0.449. The van der Waals surface area contributed by atoms with Crippen molar-refractivity contribution in [3.8, 4) is 0 Å². The summed E-state index contributed by atoms with van der Waals surface area (Å²) in [4.78, 5) is 35.9. The number of carbonyl (C=O) groups is 3. The Morgan fingerprint density at radius 1 is 1.50 bits per heavy atom. The third kappa shape index (κ3) is 3.53. The molecule has 18 heavy (non-hydrogen) atoms. The van der Waals surface area contributed by atoms with E-state index in [0.717, 1.165) is 11.3 Å². The van der Waals surface area contributed by atoms with E-state index in [0.29, 0.717) is 19.4 Å². The minimum Gasteiger partial charge on any atom is -0.355 e. The van der Waals surface area contributed by atoms with Gasteiger partial charge in [-0.2, -0.15) is 0 Å². The summed E-state index contributed by atoms with van der Waals surface area (Å²) in [7, 11) is 1.47. The van der Waals surface area contributed by atoms with Crippen LogP contribution in [-0.4, -0.2) is 48.3 Å². The van der Waals surface area contributed by atoms with Crippen molar-refractivity contribution in [1.29, 1.82) is 0 Å². The second kappa shape index (κ2) is 6.49. The SMILES string of the molecule is CCCNC(=O)C(C)NC1CCC(=O)N(C)C1=O. The second-order valence-electron chi connectivity index (χ2n) is 4.56. The van der Waals surface area contributed by atoms with Crippen molar-refractivity contribution in [2.45, 2.75) is 45.2 Å². The van der Waals surface area contributed by atoms with Crippen LogP contribution in [0.5, 0.6) is 0 Å². The molecular formula is C12H21N3O3. The van der Waals surface area contributed by atoms with Crippen LogP contribution in [-0.2, 0) is 14.4 Å². The van der Waals surface area contributed by atoms with Crippen LogP contribution in [0.4, 0.5) is 0 Å². The zero-order valence-electron chi connectivity index (χ0n) is 11.2. The predicted molar refractivity (Wildman–Crippen MR) is 66.7 cm³/mol. The second-order valence-corrected chi connectivity index (χ2v) is 4.56. The van der Waals surface area contributed by atoms with E-state index in [1.165, 1.54) is 7.05 Å². The number of imide groups is 1. The molecular weight excluding hydrogens is 234 g/mol. The van der Waals surface area contributed by atoms with Gasteiger partial charge in [-0.15, -0.1) is 0 Å². The molecule has 1 saturated heterocycles. The molecule has 2 atom stereocenters. The maximum absolute atomic E-state index is 11.8. The summed E-state index contributed by atoms with van der Waals surface area (Å²) in [5.74, 6) is -0.549. The van der Waals surface area contributed by atoms with Gasteiger partial charge in [0.05, 0.1) is 12.1 Å². The number of nitrogens with one attached hydrogen (secondary N) is 2. The third-order valence-electron chi connectivity index (χ3n) is 3.04. The molecule has 6 nitrogen and oxygen atoms in total. The fourth-order valence-corrected chi connectivity index (χ4v) is 1.85. The summed E-state index contributed by atoms with van der Waals surface area (Å²) in [5.41, 5.74) is 0. The zero-order valence-corrected chi connectivity index (χ0v) is 11.2. The standard InChI is InChI=1S/C12H21N3O3/c1-4-7-13-11(17)8(2)14-9-5-6-10(16)15(3)12(9)18/h8-9,14H,4-7H2,1-3H3,(H,13,17). The Morgan fingerprint density at radius 3 is 2.78 bits per heavy atom. The summed E-state index contributed by atoms with van der Waals surface area (Å²) in [6.07, 6.45) is 1.66. The van der Waals surface area contributed by atoms with Crippen LogP contribution in [0.1, 0.15) is 33.1 Å². The van der Waals surface area contributed by atoms with Gasteiger partial charge in [-0.1, -0.05) is 6.92 Å². The lowest BCUT2D eigenvalue weighted by molar-refractivity contribution is -0.148. The molecule has 1 aliphatic heterocycles. The summed E-state index contributed by atoms with van der Waals surface area (Å²) in [5, 5.41) is 5.74. The van der Waals surface area contributed by atoms with E-state index < -0.39 is 12.1 Å². The molecule has 3 amide bonds. The van der Waals surface area contributed by atoms with Gasteiger partial charge in [0.1, 0.15) is 0 Å². The Morgan fingerprint density at radius 2 is 2.17 bits per heavy atom. The van der Waals surface area contributed by atoms with E-state index in [-0.39, 0.29) is 17.7 Å². The molecule has 1 fully saturated rings. The number of carbonyl (C=O) groups excluding carboxylic acids is 3. The van der Waals surface area contributed by atoms with Gasteiger partial charge in [-0.3, -0.25) is 24.6 Å². The van der Waals surface area contributed by atoms with Crippen molar-refractivity contribution in [3.05, 3.63) is 0 Å². The molecule has 6 heteroatoms. The zero-order chi connectivity index (χ0) is 13.7. The van der Waals surface area contributed by atoms with Crippen molar-refractivity contribution in [2.24, 2.45) is 0 Å². The lowest BCUT2D eigenvalue weighted by Gasteiger charge is -2.30. The van der Waals surface area contributed by atoms with Crippen LogP contribution in [0, 0.1) is 0 Å². The van der Waals surface area contributed by atoms with E-state index in [1.807, 2.05) is 6.92 Å². The Balaban J connectivity index is 2.49. The van der Waals surface area contributed by atoms with Crippen LogP contribution >= 0.6 is 0 Å². The van der Waals surface area contributed by atoms with Gasteiger partial charge < -0.3 is 5.32 Å². The average molecular weight is 255 g/mol. The van der Waals surface area contributed by atoms with Gasteiger partial charge in [-0.25, -0.2) is 0 Å². The molecule has 1 aliphatic rings. The molecule has 0 aliphatic carbocycles. The monoisotopic (exact) mass is 255 g/mol. The quantitative estimate of drug-likeness (QED) is 0.658. The Labute approximate surface area is 107 Å². The number of rotatable bonds is 5. The molecule has 1 rings (SSSR count). The molecule has 0 aromatic carbocycles. The van der Waals surface area contributed by atoms with Crippen molar-refractivity contribution in [2.75, 3.05) is 13.6 Å². The van der Waals surface area contributed by atoms with Crippen molar-refractivity contribution < 1.29 is 14.4 Å². The summed E-state index contributed by atoms with van der Waals surface area (Å²) in [6.45, 7) is 4.32. The van der Waals surface area contributed by atoms with Crippen LogP contribution in [0.2, 0.25) is 0 Å². The fourth-order valence-electron chi connectivity index (χ4n) is 1.85. The number of hydrogen-bond donors (Lipinski definition) is 2. The van der Waals surface area contributed by atoms with Crippen LogP contribution in [0.15, 0.2) is 0 Å². The Hall–Kier alpha value is -1.43. The van der Waals surface area contributed by atoms with Crippen LogP contribution in [0.25, 0.3) is 0 Å². The normalized spacial score (nSPS) is 21.9. The highest BCUT2D eigenvalue weighted by atomic mass is 16.2. The molecule has 2 unspecified atom stereocenters. The van der Waals surface area contributed by atoms with E-state index >= 15 is 0 Å².